The highest BCUT2D eigenvalue weighted by Crippen LogP contribution is 2.28. The summed E-state index contributed by atoms with van der Waals surface area (Å²) in [6, 6.07) is 3.54. The van der Waals surface area contributed by atoms with E-state index in [1.807, 2.05) is 0 Å². The Morgan fingerprint density at radius 1 is 1.32 bits per heavy atom. The van der Waals surface area contributed by atoms with Gasteiger partial charge >= 0.3 is 11.9 Å². The highest BCUT2D eigenvalue weighted by Gasteiger charge is 2.14. The summed E-state index contributed by atoms with van der Waals surface area (Å²) in [5.41, 5.74) is -0.281. The molecule has 0 aliphatic heterocycles. The third-order valence-corrected chi connectivity index (χ3v) is 2.41. The van der Waals surface area contributed by atoms with Crippen LogP contribution < -0.4 is 4.74 Å². The van der Waals surface area contributed by atoms with Gasteiger partial charge in [-0.05, 0) is 6.07 Å². The minimum absolute atomic E-state index is 0.0745. The monoisotopic (exact) mass is 287 g/mol. The van der Waals surface area contributed by atoms with Crippen LogP contribution in [0.25, 0.3) is 0 Å². The van der Waals surface area contributed by atoms with Crippen LogP contribution in [0, 0.1) is 10.1 Å². The second-order valence-electron chi connectivity index (χ2n) is 3.42. The van der Waals surface area contributed by atoms with Crippen molar-refractivity contribution < 1.29 is 24.0 Å². The van der Waals surface area contributed by atoms with Gasteiger partial charge in [0.15, 0.2) is 0 Å². The lowest BCUT2D eigenvalue weighted by atomic mass is 10.3. The molecule has 0 atom stereocenters. The molecule has 0 bridgehead atoms. The third kappa shape index (κ3) is 4.55. The fraction of sp³-hybridized carbons (Fsp3) is 0.273. The van der Waals surface area contributed by atoms with Crippen molar-refractivity contribution in [3.05, 3.63) is 33.3 Å². The van der Waals surface area contributed by atoms with Gasteiger partial charge in [0.05, 0.1) is 24.9 Å². The van der Waals surface area contributed by atoms with E-state index in [2.05, 4.69) is 4.74 Å². The van der Waals surface area contributed by atoms with E-state index in [-0.39, 0.29) is 29.3 Å². The summed E-state index contributed by atoms with van der Waals surface area (Å²) < 4.78 is 9.24. The molecule has 0 saturated heterocycles. The summed E-state index contributed by atoms with van der Waals surface area (Å²) in [5, 5.41) is 10.4. The molecule has 102 valence electrons. The van der Waals surface area contributed by atoms with Crippen molar-refractivity contribution in [2.45, 2.75) is 12.8 Å². The first-order valence-corrected chi connectivity index (χ1v) is 5.53. The molecule has 0 radical (unpaired) electrons. The molecule has 0 spiro atoms. The van der Waals surface area contributed by atoms with Crippen molar-refractivity contribution in [2.75, 3.05) is 7.11 Å². The predicted molar refractivity (Wildman–Crippen MR) is 65.0 cm³/mol. The van der Waals surface area contributed by atoms with Crippen LogP contribution in [0.4, 0.5) is 5.69 Å². The lowest BCUT2D eigenvalue weighted by Gasteiger charge is -2.04. The zero-order valence-electron chi connectivity index (χ0n) is 9.92. The molecule has 1 aromatic carbocycles. The van der Waals surface area contributed by atoms with Crippen molar-refractivity contribution in [3.8, 4) is 5.75 Å². The second kappa shape index (κ2) is 6.69. The van der Waals surface area contributed by atoms with Gasteiger partial charge in [-0.15, -0.1) is 0 Å². The third-order valence-electron chi connectivity index (χ3n) is 2.11. The Kier molecular flexibility index (Phi) is 5.25. The Balaban J connectivity index is 2.63. The molecule has 0 fully saturated rings. The lowest BCUT2D eigenvalue weighted by Crippen LogP contribution is -2.11. The number of nitrogens with zero attached hydrogens (tertiary/aromatic N) is 1. The Morgan fingerprint density at radius 3 is 2.47 bits per heavy atom. The predicted octanol–water partition coefficient (Wildman–Crippen LogP) is 2.11. The Labute approximate surface area is 113 Å². The normalized spacial score (nSPS) is 9.79. The summed E-state index contributed by atoms with van der Waals surface area (Å²) in [4.78, 5) is 32.1. The van der Waals surface area contributed by atoms with Crippen LogP contribution in [0.15, 0.2) is 18.2 Å². The van der Waals surface area contributed by atoms with E-state index in [4.69, 9.17) is 16.3 Å². The van der Waals surface area contributed by atoms with Gasteiger partial charge in [-0.2, -0.15) is 0 Å². The highest BCUT2D eigenvalue weighted by molar-refractivity contribution is 6.32. The molecule has 1 rings (SSSR count). The van der Waals surface area contributed by atoms with E-state index < -0.39 is 16.9 Å². The molecule has 0 unspecified atom stereocenters. The maximum Gasteiger partial charge on any atom is 0.311 e. The quantitative estimate of drug-likeness (QED) is 0.356. The highest BCUT2D eigenvalue weighted by atomic mass is 35.5. The Morgan fingerprint density at radius 2 is 1.95 bits per heavy atom. The molecule has 0 aromatic heterocycles. The van der Waals surface area contributed by atoms with Crippen molar-refractivity contribution in [2.24, 2.45) is 0 Å². The summed E-state index contributed by atoms with van der Waals surface area (Å²) in [6.07, 6.45) is -0.253. The van der Waals surface area contributed by atoms with E-state index in [9.17, 15) is 19.7 Å². The zero-order chi connectivity index (χ0) is 14.4. The van der Waals surface area contributed by atoms with E-state index >= 15 is 0 Å². The fourth-order valence-corrected chi connectivity index (χ4v) is 1.43. The Bertz CT molecular complexity index is 516. The molecule has 0 saturated carbocycles. The molecule has 0 aliphatic rings. The molecule has 0 heterocycles. The average Bonchev–Trinajstić information content (AvgIpc) is 2.35. The number of ether oxygens (including phenoxy) is 2. The number of nitro benzene ring substituents is 1. The standard InChI is InChI=1S/C11H10ClNO6/c1-18-10(14)4-5-11(15)19-7-2-3-9(13(16)17)8(12)6-7/h2-3,6H,4-5H2,1H3. The van der Waals surface area contributed by atoms with Crippen LogP contribution in [0.1, 0.15) is 12.8 Å². The number of methoxy groups -OCH3 is 1. The number of halogens is 1. The van der Waals surface area contributed by atoms with Crippen molar-refractivity contribution in [1.82, 2.24) is 0 Å². The van der Waals surface area contributed by atoms with Gasteiger partial charge in [-0.1, -0.05) is 11.6 Å². The molecule has 1 aromatic rings. The largest absolute Gasteiger partial charge is 0.469 e. The summed E-state index contributed by atoms with van der Waals surface area (Å²) >= 11 is 5.65. The van der Waals surface area contributed by atoms with Crippen molar-refractivity contribution in [3.63, 3.8) is 0 Å². The number of hydrogen-bond donors (Lipinski definition) is 0. The summed E-state index contributed by atoms with van der Waals surface area (Å²) in [7, 11) is 1.21. The van der Waals surface area contributed by atoms with E-state index in [0.29, 0.717) is 0 Å². The first kappa shape index (κ1) is 14.9. The van der Waals surface area contributed by atoms with Crippen LogP contribution in [0.2, 0.25) is 5.02 Å². The molecular formula is C11H10ClNO6. The number of rotatable bonds is 5. The molecule has 0 amide bonds. The zero-order valence-corrected chi connectivity index (χ0v) is 10.7. The van der Waals surface area contributed by atoms with Gasteiger partial charge in [0.25, 0.3) is 5.69 Å². The van der Waals surface area contributed by atoms with Gasteiger partial charge in [0.1, 0.15) is 10.8 Å². The smallest absolute Gasteiger partial charge is 0.311 e. The van der Waals surface area contributed by atoms with Crippen molar-refractivity contribution >= 4 is 29.2 Å². The SMILES string of the molecule is COC(=O)CCC(=O)Oc1ccc([N+](=O)[O-])c(Cl)c1. The lowest BCUT2D eigenvalue weighted by molar-refractivity contribution is -0.384. The van der Waals surface area contributed by atoms with Crippen LogP contribution in [0.3, 0.4) is 0 Å². The maximum absolute atomic E-state index is 11.4. The number of carbonyl (C=O) groups excluding carboxylic acids is 2. The topological polar surface area (TPSA) is 95.7 Å². The number of nitro groups is 1. The van der Waals surface area contributed by atoms with Crippen LogP contribution in [0.5, 0.6) is 5.75 Å². The van der Waals surface area contributed by atoms with Gasteiger partial charge in [-0.3, -0.25) is 19.7 Å². The molecule has 0 aliphatic carbocycles. The van der Waals surface area contributed by atoms with E-state index in [1.54, 1.807) is 0 Å². The van der Waals surface area contributed by atoms with Crippen LogP contribution >= 0.6 is 11.6 Å². The number of benzene rings is 1. The molecule has 19 heavy (non-hydrogen) atoms. The molecule has 8 heteroatoms. The minimum atomic E-state index is -0.657. The Hall–Kier alpha value is -2.15. The van der Waals surface area contributed by atoms with Crippen molar-refractivity contribution in [1.29, 1.82) is 0 Å². The maximum atomic E-state index is 11.4. The summed E-state index contributed by atoms with van der Waals surface area (Å²) in [5.74, 6) is -1.11. The molecule has 0 N–H and O–H groups in total. The first-order chi connectivity index (χ1) is 8.93. The van der Waals surface area contributed by atoms with E-state index in [1.165, 1.54) is 13.2 Å². The number of esters is 2. The van der Waals surface area contributed by atoms with Crippen LogP contribution in [-0.4, -0.2) is 24.0 Å². The number of carbonyl (C=O) groups is 2. The fourth-order valence-electron chi connectivity index (χ4n) is 1.19. The van der Waals surface area contributed by atoms with Gasteiger partial charge < -0.3 is 9.47 Å². The van der Waals surface area contributed by atoms with Gasteiger partial charge in [-0.25, -0.2) is 0 Å². The van der Waals surface area contributed by atoms with E-state index in [0.717, 1.165) is 12.1 Å². The molecule has 7 nitrogen and oxygen atoms in total. The number of hydrogen-bond acceptors (Lipinski definition) is 6. The second-order valence-corrected chi connectivity index (χ2v) is 3.83. The van der Waals surface area contributed by atoms with Crippen LogP contribution in [-0.2, 0) is 14.3 Å². The van der Waals surface area contributed by atoms with Gasteiger partial charge in [0, 0.05) is 12.1 Å². The average molecular weight is 288 g/mol. The van der Waals surface area contributed by atoms with Gasteiger partial charge in [0.2, 0.25) is 0 Å². The first-order valence-electron chi connectivity index (χ1n) is 5.15. The minimum Gasteiger partial charge on any atom is -0.469 e. The molecular weight excluding hydrogens is 278 g/mol. The summed E-state index contributed by atoms with van der Waals surface area (Å²) in [6.45, 7) is 0.